The van der Waals surface area contributed by atoms with Gasteiger partial charge in [0.1, 0.15) is 11.6 Å². The summed E-state index contributed by atoms with van der Waals surface area (Å²) in [6.45, 7) is 13.7. The standard InChI is InChI=1S/C25H35N3O3Si/c1-17(31-18-11-8-7-9-12-18)22(29)28-16-19-20(24(28,2)3)15-26-21(19)27-23(30)25(13-10-14-25)32(4,5)6/h7-9,11-12,17H,10,13-16H2,1-6H3,(H,26,27,30)/t17-/m0/s1. The van der Waals surface area contributed by atoms with Gasteiger partial charge in [-0.1, -0.05) is 44.3 Å². The van der Waals surface area contributed by atoms with Gasteiger partial charge in [-0.05, 0) is 51.3 Å². The third kappa shape index (κ3) is 3.60. The van der Waals surface area contributed by atoms with Crippen molar-refractivity contribution in [2.24, 2.45) is 4.99 Å². The van der Waals surface area contributed by atoms with Gasteiger partial charge in [-0.25, -0.2) is 0 Å². The van der Waals surface area contributed by atoms with Crippen molar-refractivity contribution in [1.29, 1.82) is 0 Å². The van der Waals surface area contributed by atoms with Crippen LogP contribution in [0.2, 0.25) is 24.7 Å². The van der Waals surface area contributed by atoms with Crippen molar-refractivity contribution in [3.05, 3.63) is 41.5 Å². The van der Waals surface area contributed by atoms with Crippen LogP contribution in [0.15, 0.2) is 46.5 Å². The lowest BCUT2D eigenvalue weighted by Gasteiger charge is -2.49. The maximum Gasteiger partial charge on any atom is 0.264 e. The van der Waals surface area contributed by atoms with Crippen LogP contribution in [0.1, 0.15) is 40.0 Å². The van der Waals surface area contributed by atoms with Gasteiger partial charge in [0.25, 0.3) is 5.91 Å². The molecule has 0 aromatic heterocycles. The number of aliphatic imine (C=N–C) groups is 1. The molecular weight excluding hydrogens is 418 g/mol. The summed E-state index contributed by atoms with van der Waals surface area (Å²) < 4.78 is 5.89. The lowest BCUT2D eigenvalue weighted by Crippen LogP contribution is -2.55. The third-order valence-corrected chi connectivity index (χ3v) is 11.4. The van der Waals surface area contributed by atoms with Crippen LogP contribution < -0.4 is 10.1 Å². The van der Waals surface area contributed by atoms with E-state index in [0.717, 1.165) is 30.4 Å². The predicted molar refractivity (Wildman–Crippen MR) is 130 cm³/mol. The van der Waals surface area contributed by atoms with Crippen molar-refractivity contribution < 1.29 is 14.3 Å². The Bertz CT molecular complexity index is 987. The van der Waals surface area contributed by atoms with Crippen LogP contribution >= 0.6 is 0 Å². The molecule has 7 heteroatoms. The van der Waals surface area contributed by atoms with Crippen LogP contribution in [0.5, 0.6) is 5.75 Å². The molecule has 0 radical (unpaired) electrons. The van der Waals surface area contributed by atoms with Gasteiger partial charge >= 0.3 is 0 Å². The molecule has 0 bridgehead atoms. The predicted octanol–water partition coefficient (Wildman–Crippen LogP) is 4.16. The monoisotopic (exact) mass is 453 g/mol. The van der Waals surface area contributed by atoms with Crippen LogP contribution in [0, 0.1) is 0 Å². The number of hydrogen-bond acceptors (Lipinski definition) is 4. The highest BCUT2D eigenvalue weighted by Gasteiger charge is 2.54. The molecule has 1 aromatic rings. The van der Waals surface area contributed by atoms with E-state index in [0.29, 0.717) is 24.7 Å². The minimum Gasteiger partial charge on any atom is -0.481 e. The summed E-state index contributed by atoms with van der Waals surface area (Å²) in [6, 6.07) is 9.41. The molecule has 0 saturated heterocycles. The summed E-state index contributed by atoms with van der Waals surface area (Å²) in [5, 5.41) is 2.98. The van der Waals surface area contributed by atoms with Gasteiger partial charge < -0.3 is 15.0 Å². The molecule has 6 nitrogen and oxygen atoms in total. The van der Waals surface area contributed by atoms with E-state index in [2.05, 4.69) is 43.8 Å². The van der Waals surface area contributed by atoms with E-state index >= 15 is 0 Å². The Morgan fingerprint density at radius 1 is 1.16 bits per heavy atom. The molecule has 2 heterocycles. The van der Waals surface area contributed by atoms with Gasteiger partial charge in [-0.3, -0.25) is 14.6 Å². The maximum absolute atomic E-state index is 13.3. The number of ether oxygens (including phenoxy) is 1. The molecule has 1 N–H and O–H groups in total. The molecule has 2 aliphatic heterocycles. The second kappa shape index (κ2) is 7.87. The van der Waals surface area contributed by atoms with Crippen molar-refractivity contribution in [3.8, 4) is 5.75 Å². The Labute approximate surface area is 192 Å². The zero-order valence-electron chi connectivity index (χ0n) is 20.1. The van der Waals surface area contributed by atoms with Gasteiger partial charge in [0, 0.05) is 10.6 Å². The van der Waals surface area contributed by atoms with Gasteiger partial charge in [0.15, 0.2) is 6.10 Å². The van der Waals surface area contributed by atoms with E-state index in [9.17, 15) is 9.59 Å². The molecule has 32 heavy (non-hydrogen) atoms. The van der Waals surface area contributed by atoms with Crippen molar-refractivity contribution in [3.63, 3.8) is 0 Å². The highest BCUT2D eigenvalue weighted by atomic mass is 28.3. The molecule has 1 saturated carbocycles. The van der Waals surface area contributed by atoms with E-state index in [-0.39, 0.29) is 16.9 Å². The topological polar surface area (TPSA) is 71.0 Å². The zero-order chi connectivity index (χ0) is 23.3. The number of benzene rings is 1. The number of carbonyl (C=O) groups excluding carboxylic acids is 2. The number of rotatable bonds is 5. The lowest BCUT2D eigenvalue weighted by atomic mass is 9.83. The first-order valence-electron chi connectivity index (χ1n) is 11.6. The highest BCUT2D eigenvalue weighted by Crippen LogP contribution is 2.55. The second-order valence-corrected chi connectivity index (χ2v) is 16.3. The number of nitrogens with one attached hydrogen (secondary N) is 1. The average Bonchev–Trinajstić information content (AvgIpc) is 3.18. The summed E-state index contributed by atoms with van der Waals surface area (Å²) in [7, 11) is -1.67. The number of nitrogens with zero attached hydrogens (tertiary/aromatic N) is 2. The van der Waals surface area contributed by atoms with Crippen molar-refractivity contribution >= 4 is 25.7 Å². The quantitative estimate of drug-likeness (QED) is 0.681. The molecule has 1 aromatic carbocycles. The highest BCUT2D eigenvalue weighted by molar-refractivity contribution is 6.82. The smallest absolute Gasteiger partial charge is 0.264 e. The summed E-state index contributed by atoms with van der Waals surface area (Å²) in [5.41, 5.74) is 1.64. The molecule has 1 aliphatic carbocycles. The number of carbonyl (C=O) groups is 2. The van der Waals surface area contributed by atoms with Gasteiger partial charge in [0.05, 0.1) is 26.7 Å². The van der Waals surface area contributed by atoms with Gasteiger partial charge in [-0.2, -0.15) is 0 Å². The molecular formula is C25H35N3O3Si. The normalized spacial score (nSPS) is 22.1. The number of amides is 2. The van der Waals surface area contributed by atoms with Gasteiger partial charge in [-0.15, -0.1) is 0 Å². The Morgan fingerprint density at radius 3 is 2.38 bits per heavy atom. The van der Waals surface area contributed by atoms with E-state index < -0.39 is 19.7 Å². The maximum atomic E-state index is 13.3. The van der Waals surface area contributed by atoms with Crippen molar-refractivity contribution in [1.82, 2.24) is 10.2 Å². The lowest BCUT2D eigenvalue weighted by molar-refractivity contribution is -0.140. The number of amidine groups is 1. The fourth-order valence-corrected chi connectivity index (χ4v) is 7.86. The van der Waals surface area contributed by atoms with E-state index in [1.54, 1.807) is 6.92 Å². The summed E-state index contributed by atoms with van der Waals surface area (Å²) in [6.07, 6.45) is 2.46. The first-order valence-corrected chi connectivity index (χ1v) is 15.1. The van der Waals surface area contributed by atoms with Crippen molar-refractivity contribution in [2.45, 2.75) is 76.4 Å². The van der Waals surface area contributed by atoms with Crippen LogP contribution in [0.3, 0.4) is 0 Å². The SMILES string of the molecule is C[C@H](Oc1ccccc1)C(=O)N1CC2=C(CN=C2NC(=O)C2([Si](C)(C)C)CCC2)C1(C)C. The van der Waals surface area contributed by atoms with E-state index in [1.165, 1.54) is 0 Å². The molecule has 4 rings (SSSR count). The minimum atomic E-state index is -1.67. The fourth-order valence-electron chi connectivity index (χ4n) is 5.26. The fraction of sp³-hybridized carbons (Fsp3) is 0.560. The summed E-state index contributed by atoms with van der Waals surface area (Å²) in [5.74, 6) is 1.40. The molecule has 172 valence electrons. The number of para-hydroxylation sites is 1. The Hall–Kier alpha value is -2.41. The van der Waals surface area contributed by atoms with Crippen LogP contribution in [-0.4, -0.2) is 55.4 Å². The Morgan fingerprint density at radius 2 is 1.81 bits per heavy atom. The first-order chi connectivity index (χ1) is 15.0. The van der Waals surface area contributed by atoms with Crippen LogP contribution in [0.4, 0.5) is 0 Å². The molecule has 0 spiro atoms. The Balaban J connectivity index is 1.48. The molecule has 0 unspecified atom stereocenters. The molecule has 2 amide bonds. The molecule has 1 atom stereocenters. The molecule has 3 aliphatic rings. The third-order valence-electron chi connectivity index (χ3n) is 7.75. The van der Waals surface area contributed by atoms with Crippen LogP contribution in [-0.2, 0) is 9.59 Å². The zero-order valence-corrected chi connectivity index (χ0v) is 21.1. The summed E-state index contributed by atoms with van der Waals surface area (Å²) >= 11 is 0. The van der Waals surface area contributed by atoms with Crippen molar-refractivity contribution in [2.75, 3.05) is 13.1 Å². The van der Waals surface area contributed by atoms with Crippen LogP contribution in [0.25, 0.3) is 0 Å². The molecule has 1 fully saturated rings. The second-order valence-electron chi connectivity index (χ2n) is 10.8. The van der Waals surface area contributed by atoms with E-state index in [4.69, 9.17) is 4.74 Å². The Kier molecular flexibility index (Phi) is 5.60. The largest absolute Gasteiger partial charge is 0.481 e. The van der Waals surface area contributed by atoms with Gasteiger partial charge in [0.2, 0.25) is 5.91 Å². The summed E-state index contributed by atoms with van der Waals surface area (Å²) in [4.78, 5) is 33.2. The number of hydrogen-bond donors (Lipinski definition) is 1. The first kappa shape index (κ1) is 22.8. The minimum absolute atomic E-state index is 0.0588. The van der Waals surface area contributed by atoms with E-state index in [1.807, 2.05) is 35.2 Å². The average molecular weight is 454 g/mol.